The standard InChI is InChI=1S/C29H30N/c1-20-8-4-7-11-27(20)29-18-28(21(2)19-30(29)3)26-15-14-24-16-23(12-13-25(24)17-26)22-9-5-6-10-22/h4,7-8,11-19,22H,5-6,9-10H2,1-3H3/q+1/i2D3,22D. The molecule has 0 aliphatic heterocycles. The SMILES string of the molecule is [2H]C([2H])([2H])c1c[n+](C)c(-c2ccccc2C)cc1-c1ccc2cc(C3([2H])CCCC3)ccc2c1. The number of hydrogen-bond acceptors (Lipinski definition) is 0. The summed E-state index contributed by atoms with van der Waals surface area (Å²) in [5, 5.41) is 2.15. The zero-order valence-corrected chi connectivity index (χ0v) is 17.7. The molecule has 30 heavy (non-hydrogen) atoms. The average Bonchev–Trinajstić information content (AvgIpc) is 3.26. The highest BCUT2D eigenvalue weighted by molar-refractivity contribution is 5.88. The van der Waals surface area contributed by atoms with Crippen LogP contribution in [-0.2, 0) is 7.05 Å². The van der Waals surface area contributed by atoms with E-state index >= 15 is 0 Å². The van der Waals surface area contributed by atoms with Crippen molar-refractivity contribution in [2.45, 2.75) is 45.4 Å². The molecule has 1 nitrogen and oxygen atoms in total. The second-order valence-corrected chi connectivity index (χ2v) is 8.50. The van der Waals surface area contributed by atoms with Crippen LogP contribution in [0.25, 0.3) is 33.2 Å². The van der Waals surface area contributed by atoms with Gasteiger partial charge in [-0.25, -0.2) is 4.57 Å². The second kappa shape index (κ2) is 7.72. The van der Waals surface area contributed by atoms with Gasteiger partial charge in [-0.2, -0.15) is 0 Å². The lowest BCUT2D eigenvalue weighted by Crippen LogP contribution is -2.31. The van der Waals surface area contributed by atoms with E-state index in [9.17, 15) is 0 Å². The highest BCUT2D eigenvalue weighted by Crippen LogP contribution is 2.36. The molecule has 5 rings (SSSR count). The van der Waals surface area contributed by atoms with Crippen molar-refractivity contribution in [2.24, 2.45) is 7.05 Å². The maximum absolute atomic E-state index is 8.85. The summed E-state index contributed by atoms with van der Waals surface area (Å²) >= 11 is 0. The van der Waals surface area contributed by atoms with E-state index in [-0.39, 0.29) is 0 Å². The van der Waals surface area contributed by atoms with E-state index in [1.54, 1.807) is 6.20 Å². The Hall–Kier alpha value is -2.93. The third-order valence-electron chi connectivity index (χ3n) is 6.46. The fourth-order valence-corrected chi connectivity index (χ4v) is 4.74. The van der Waals surface area contributed by atoms with Crippen molar-refractivity contribution in [3.8, 4) is 22.4 Å². The van der Waals surface area contributed by atoms with Crippen molar-refractivity contribution in [1.29, 1.82) is 0 Å². The summed E-state index contributed by atoms with van der Waals surface area (Å²) in [6.07, 6.45) is 5.82. The summed E-state index contributed by atoms with van der Waals surface area (Å²) in [7, 11) is 1.91. The van der Waals surface area contributed by atoms with Crippen LogP contribution in [0.15, 0.2) is 72.9 Å². The Morgan fingerprint density at radius 3 is 2.43 bits per heavy atom. The van der Waals surface area contributed by atoms with Crippen LogP contribution in [0.5, 0.6) is 0 Å². The Morgan fingerprint density at radius 1 is 0.867 bits per heavy atom. The zero-order valence-electron chi connectivity index (χ0n) is 21.7. The molecular weight excluding hydrogens is 362 g/mol. The van der Waals surface area contributed by atoms with Crippen LogP contribution >= 0.6 is 0 Å². The minimum Gasteiger partial charge on any atom is -0.201 e. The molecule has 4 aromatic rings. The predicted molar refractivity (Wildman–Crippen MR) is 127 cm³/mol. The van der Waals surface area contributed by atoms with Crippen molar-refractivity contribution in [3.63, 3.8) is 0 Å². The molecule has 150 valence electrons. The number of rotatable bonds is 3. The number of aromatic nitrogens is 1. The van der Waals surface area contributed by atoms with E-state index in [0.29, 0.717) is 5.56 Å². The van der Waals surface area contributed by atoms with Crippen LogP contribution in [0.1, 0.15) is 53.8 Å². The fraction of sp³-hybridized carbons (Fsp3) is 0.276. The highest BCUT2D eigenvalue weighted by atomic mass is 14.9. The molecular formula is C29H30N+. The van der Waals surface area contributed by atoms with E-state index in [4.69, 9.17) is 5.48 Å². The lowest BCUT2D eigenvalue weighted by Gasteiger charge is -2.13. The Balaban J connectivity index is 1.66. The van der Waals surface area contributed by atoms with Crippen LogP contribution in [-0.4, -0.2) is 0 Å². The summed E-state index contributed by atoms with van der Waals surface area (Å²) < 4.78 is 35.3. The molecule has 1 heterocycles. The average molecular weight is 397 g/mol. The first kappa shape index (κ1) is 15.0. The number of nitrogens with zero attached hydrogens (tertiary/aromatic N) is 1. The summed E-state index contributed by atoms with van der Waals surface area (Å²) in [6, 6.07) is 22.7. The monoisotopic (exact) mass is 396 g/mol. The molecule has 0 atom stereocenters. The van der Waals surface area contributed by atoms with Gasteiger partial charge in [-0.15, -0.1) is 0 Å². The quantitative estimate of drug-likeness (QED) is 0.321. The van der Waals surface area contributed by atoms with E-state index in [0.717, 1.165) is 70.0 Å². The molecule has 1 aliphatic rings. The summed E-state index contributed by atoms with van der Waals surface area (Å²) in [4.78, 5) is 0. The molecule has 0 saturated heterocycles. The van der Waals surface area contributed by atoms with Gasteiger partial charge in [0, 0.05) is 22.7 Å². The zero-order chi connectivity index (χ0) is 24.1. The van der Waals surface area contributed by atoms with Crippen molar-refractivity contribution >= 4 is 10.8 Å². The van der Waals surface area contributed by atoms with Crippen molar-refractivity contribution < 1.29 is 10.1 Å². The molecule has 0 N–H and O–H groups in total. The third kappa shape index (κ3) is 3.43. The maximum Gasteiger partial charge on any atom is 0.213 e. The van der Waals surface area contributed by atoms with Crippen LogP contribution in [0.3, 0.4) is 0 Å². The molecule has 1 aromatic heterocycles. The number of aryl methyl sites for hydroxylation is 3. The topological polar surface area (TPSA) is 3.88 Å². The van der Waals surface area contributed by atoms with Crippen LogP contribution in [0.2, 0.25) is 0 Å². The Morgan fingerprint density at radius 2 is 1.63 bits per heavy atom. The summed E-state index contributed by atoms with van der Waals surface area (Å²) in [6.45, 7) is -0.153. The molecule has 0 bridgehead atoms. The molecule has 1 heteroatoms. The number of pyridine rings is 1. The molecule has 1 aliphatic carbocycles. The Bertz CT molecular complexity index is 1380. The van der Waals surface area contributed by atoms with Gasteiger partial charge in [0.15, 0.2) is 6.20 Å². The van der Waals surface area contributed by atoms with Crippen molar-refractivity contribution in [2.75, 3.05) is 0 Å². The molecule has 1 fully saturated rings. The predicted octanol–water partition coefficient (Wildman–Crippen LogP) is 7.27. The summed E-state index contributed by atoms with van der Waals surface area (Å²) in [5.74, 6) is -0.474. The van der Waals surface area contributed by atoms with Gasteiger partial charge >= 0.3 is 0 Å². The largest absolute Gasteiger partial charge is 0.213 e. The van der Waals surface area contributed by atoms with Gasteiger partial charge in [0.05, 0.1) is 0 Å². The van der Waals surface area contributed by atoms with Crippen molar-refractivity contribution in [1.82, 2.24) is 0 Å². The number of benzene rings is 3. The van der Waals surface area contributed by atoms with Crippen molar-refractivity contribution in [3.05, 3.63) is 89.6 Å². The van der Waals surface area contributed by atoms with Gasteiger partial charge in [-0.3, -0.25) is 0 Å². The minimum atomic E-state index is -2.23. The number of fused-ring (bicyclic) bond motifs is 1. The normalized spacial score (nSPS) is 17.9. The molecule has 0 unspecified atom stereocenters. The second-order valence-electron chi connectivity index (χ2n) is 8.50. The van der Waals surface area contributed by atoms with Crippen LogP contribution < -0.4 is 4.57 Å². The van der Waals surface area contributed by atoms with Crippen LogP contribution in [0, 0.1) is 13.8 Å². The Labute approximate surface area is 185 Å². The number of hydrogen-bond donors (Lipinski definition) is 0. The molecule has 0 spiro atoms. The van der Waals surface area contributed by atoms with Gasteiger partial charge < -0.3 is 0 Å². The van der Waals surface area contributed by atoms with Gasteiger partial charge in [-0.05, 0) is 77.7 Å². The first-order valence-corrected chi connectivity index (χ1v) is 10.8. The van der Waals surface area contributed by atoms with E-state index < -0.39 is 12.7 Å². The van der Waals surface area contributed by atoms with Gasteiger partial charge in [0.25, 0.3) is 0 Å². The molecule has 0 amide bonds. The highest BCUT2D eigenvalue weighted by Gasteiger charge is 2.18. The maximum atomic E-state index is 8.85. The van der Waals surface area contributed by atoms with Gasteiger partial charge in [0.1, 0.15) is 7.05 Å². The molecule has 1 saturated carbocycles. The Kier molecular flexibility index (Phi) is 3.85. The van der Waals surface area contributed by atoms with E-state index in [1.807, 2.05) is 35.9 Å². The lowest BCUT2D eigenvalue weighted by molar-refractivity contribution is -0.660. The first-order chi connectivity index (χ1) is 16.2. The lowest BCUT2D eigenvalue weighted by atomic mass is 9.92. The molecule has 0 radical (unpaired) electrons. The minimum absolute atomic E-state index is 0.347. The smallest absolute Gasteiger partial charge is 0.201 e. The van der Waals surface area contributed by atoms with E-state index in [2.05, 4.69) is 49.4 Å². The van der Waals surface area contributed by atoms with Gasteiger partial charge in [-0.1, -0.05) is 61.4 Å². The summed E-state index contributed by atoms with van der Waals surface area (Å²) in [5.41, 5.74) is 6.27. The molecule has 3 aromatic carbocycles. The third-order valence-corrected chi connectivity index (χ3v) is 6.46. The van der Waals surface area contributed by atoms with Gasteiger partial charge in [0.2, 0.25) is 5.69 Å². The van der Waals surface area contributed by atoms with Crippen LogP contribution in [0.4, 0.5) is 0 Å². The van der Waals surface area contributed by atoms with E-state index in [1.165, 1.54) is 0 Å². The first-order valence-electron chi connectivity index (χ1n) is 12.8. The fourth-order valence-electron chi connectivity index (χ4n) is 4.74.